The fourth-order valence-corrected chi connectivity index (χ4v) is 3.82. The first-order valence-electron chi connectivity index (χ1n) is 11.3. The van der Waals surface area contributed by atoms with Gasteiger partial charge in [-0.3, -0.25) is 19.7 Å². The molecule has 1 aromatic carbocycles. The highest BCUT2D eigenvalue weighted by Crippen LogP contribution is 2.25. The van der Waals surface area contributed by atoms with Crippen molar-refractivity contribution in [3.8, 4) is 5.75 Å². The van der Waals surface area contributed by atoms with Crippen LogP contribution in [0.25, 0.3) is 0 Å². The summed E-state index contributed by atoms with van der Waals surface area (Å²) in [5.74, 6) is -3.60. The lowest BCUT2D eigenvalue weighted by atomic mass is 10.0. The predicted molar refractivity (Wildman–Crippen MR) is 124 cm³/mol. The molecule has 1 saturated heterocycles. The molecule has 0 saturated carbocycles. The molecular weight excluding hydrogens is 462 g/mol. The van der Waals surface area contributed by atoms with Gasteiger partial charge >= 0.3 is 0 Å². The smallest absolute Gasteiger partial charge is 0.275 e. The van der Waals surface area contributed by atoms with Crippen molar-refractivity contribution in [2.45, 2.75) is 38.9 Å². The zero-order valence-corrected chi connectivity index (χ0v) is 19.9. The molecule has 0 bridgehead atoms. The van der Waals surface area contributed by atoms with Gasteiger partial charge in [0.1, 0.15) is 22.9 Å². The van der Waals surface area contributed by atoms with Gasteiger partial charge in [0.05, 0.1) is 13.2 Å². The number of nitrogens with one attached hydrogen (secondary N) is 3. The molecule has 2 heterocycles. The molecule has 4 N–H and O–H groups in total. The van der Waals surface area contributed by atoms with E-state index in [-0.39, 0.29) is 24.4 Å². The van der Waals surface area contributed by atoms with Gasteiger partial charge in [-0.25, -0.2) is 8.78 Å². The highest BCUT2D eigenvalue weighted by atomic mass is 19.1. The lowest BCUT2D eigenvalue weighted by Gasteiger charge is -2.38. The highest BCUT2D eigenvalue weighted by Gasteiger charge is 2.42. The van der Waals surface area contributed by atoms with Crippen LogP contribution in [0.2, 0.25) is 0 Å². The summed E-state index contributed by atoms with van der Waals surface area (Å²) >= 11 is 0. The summed E-state index contributed by atoms with van der Waals surface area (Å²) in [5.41, 5.74) is -2.66. The number of nitrogens with zero attached hydrogens (tertiary/aromatic N) is 1. The molecule has 0 aliphatic carbocycles. The molecule has 9 nitrogen and oxygen atoms in total. The lowest BCUT2D eigenvalue weighted by molar-refractivity contribution is 0.0381. The zero-order valence-electron chi connectivity index (χ0n) is 19.9. The molecule has 1 unspecified atom stereocenters. The van der Waals surface area contributed by atoms with Crippen LogP contribution in [0.3, 0.4) is 0 Å². The van der Waals surface area contributed by atoms with E-state index in [1.54, 1.807) is 7.05 Å². The third kappa shape index (κ3) is 5.85. The monoisotopic (exact) mass is 492 g/mol. The summed E-state index contributed by atoms with van der Waals surface area (Å²) in [7, 11) is 1.55. The summed E-state index contributed by atoms with van der Waals surface area (Å²) in [6.45, 7) is 5.21. The molecule has 35 heavy (non-hydrogen) atoms. The Kier molecular flexibility index (Phi) is 8.23. The number of benzene rings is 1. The molecule has 0 radical (unpaired) electrons. The average molecular weight is 493 g/mol. The first kappa shape index (κ1) is 26.3. The van der Waals surface area contributed by atoms with Crippen LogP contribution in [-0.2, 0) is 11.3 Å². The van der Waals surface area contributed by atoms with E-state index in [4.69, 9.17) is 4.74 Å². The van der Waals surface area contributed by atoms with Crippen LogP contribution in [-0.4, -0.2) is 59.3 Å². The number of hydrogen-bond acceptors (Lipinski definition) is 6. The predicted octanol–water partition coefficient (Wildman–Crippen LogP) is 2.11. The number of likely N-dealkylation sites (N-methyl/N-ethyl adjacent to an activating group) is 1. The SMILES string of the molecule is CC(C)CCNC1(N(C)C(=O)c2[nH]cc(C(=O)NCc3ccc(F)cc3F)c(=O)c2O)CCOC1. The number of halogens is 2. The van der Waals surface area contributed by atoms with E-state index >= 15 is 0 Å². The minimum atomic E-state index is -1.05. The summed E-state index contributed by atoms with van der Waals surface area (Å²) in [6.07, 6.45) is 2.43. The van der Waals surface area contributed by atoms with E-state index in [1.165, 1.54) is 11.0 Å². The molecule has 1 aliphatic heterocycles. The van der Waals surface area contributed by atoms with Crippen molar-refractivity contribution in [2.75, 3.05) is 26.8 Å². The Morgan fingerprint density at radius 2 is 2.06 bits per heavy atom. The minimum absolute atomic E-state index is 0.0165. The number of aromatic hydroxyl groups is 1. The van der Waals surface area contributed by atoms with Crippen LogP contribution in [0.15, 0.2) is 29.2 Å². The Bertz CT molecular complexity index is 1150. The molecule has 2 aromatic rings. The fraction of sp³-hybridized carbons (Fsp3) is 0.458. The molecule has 1 atom stereocenters. The van der Waals surface area contributed by atoms with E-state index in [2.05, 4.69) is 29.5 Å². The Labute approximate surface area is 201 Å². The second-order valence-corrected chi connectivity index (χ2v) is 8.98. The Balaban J connectivity index is 1.76. The summed E-state index contributed by atoms with van der Waals surface area (Å²) in [5, 5.41) is 16.2. The van der Waals surface area contributed by atoms with E-state index in [1.807, 2.05) is 0 Å². The van der Waals surface area contributed by atoms with Gasteiger partial charge < -0.3 is 25.0 Å². The van der Waals surface area contributed by atoms with Crippen molar-refractivity contribution < 1.29 is 28.2 Å². The van der Waals surface area contributed by atoms with Crippen molar-refractivity contribution in [2.24, 2.45) is 5.92 Å². The number of ether oxygens (including phenoxy) is 1. The number of pyridine rings is 1. The Morgan fingerprint density at radius 1 is 1.31 bits per heavy atom. The number of aromatic nitrogens is 1. The maximum Gasteiger partial charge on any atom is 0.275 e. The fourth-order valence-electron chi connectivity index (χ4n) is 3.82. The van der Waals surface area contributed by atoms with Crippen LogP contribution in [0.4, 0.5) is 8.78 Å². The van der Waals surface area contributed by atoms with Crippen LogP contribution in [0, 0.1) is 17.6 Å². The summed E-state index contributed by atoms with van der Waals surface area (Å²) in [4.78, 5) is 42.2. The number of rotatable bonds is 9. The van der Waals surface area contributed by atoms with E-state index in [9.17, 15) is 28.3 Å². The molecule has 0 spiro atoms. The van der Waals surface area contributed by atoms with Crippen LogP contribution in [0.1, 0.15) is 53.1 Å². The van der Waals surface area contributed by atoms with Gasteiger partial charge in [0.15, 0.2) is 11.4 Å². The van der Waals surface area contributed by atoms with Crippen LogP contribution < -0.4 is 16.1 Å². The Morgan fingerprint density at radius 3 is 2.69 bits per heavy atom. The van der Waals surface area contributed by atoms with Crippen molar-refractivity contribution >= 4 is 11.8 Å². The number of hydrogen-bond donors (Lipinski definition) is 4. The maximum absolute atomic E-state index is 13.8. The quantitative estimate of drug-likeness (QED) is 0.398. The molecule has 3 rings (SSSR count). The summed E-state index contributed by atoms with van der Waals surface area (Å²) < 4.78 is 32.3. The van der Waals surface area contributed by atoms with Gasteiger partial charge in [-0.1, -0.05) is 19.9 Å². The van der Waals surface area contributed by atoms with E-state index < -0.39 is 45.9 Å². The van der Waals surface area contributed by atoms with E-state index in [0.29, 0.717) is 31.6 Å². The molecule has 11 heteroatoms. The zero-order chi connectivity index (χ0) is 25.8. The first-order chi connectivity index (χ1) is 16.6. The highest BCUT2D eigenvalue weighted by molar-refractivity contribution is 5.98. The molecule has 190 valence electrons. The molecule has 1 aliphatic rings. The average Bonchev–Trinajstić information content (AvgIpc) is 3.29. The molecule has 2 amide bonds. The van der Waals surface area contributed by atoms with E-state index in [0.717, 1.165) is 18.7 Å². The number of H-pyrrole nitrogens is 1. The second-order valence-electron chi connectivity index (χ2n) is 8.98. The topological polar surface area (TPSA) is 124 Å². The normalized spacial score (nSPS) is 17.5. The van der Waals surface area contributed by atoms with Gasteiger partial charge in [-0.15, -0.1) is 0 Å². The molecular formula is C24H30F2N4O5. The van der Waals surface area contributed by atoms with Crippen molar-refractivity contribution in [3.05, 3.63) is 63.1 Å². The third-order valence-electron chi connectivity index (χ3n) is 6.09. The van der Waals surface area contributed by atoms with Gasteiger partial charge in [-0.2, -0.15) is 0 Å². The number of aromatic amines is 1. The van der Waals surface area contributed by atoms with Crippen molar-refractivity contribution in [3.63, 3.8) is 0 Å². The number of amides is 2. The maximum atomic E-state index is 13.8. The van der Waals surface area contributed by atoms with Crippen molar-refractivity contribution in [1.82, 2.24) is 20.5 Å². The Hall–Kier alpha value is -3.31. The van der Waals surface area contributed by atoms with Gasteiger partial charge in [0.2, 0.25) is 5.43 Å². The van der Waals surface area contributed by atoms with Crippen LogP contribution in [0.5, 0.6) is 5.75 Å². The van der Waals surface area contributed by atoms with Gasteiger partial charge in [0.25, 0.3) is 11.8 Å². The molecule has 1 aromatic heterocycles. The summed E-state index contributed by atoms with van der Waals surface area (Å²) in [6, 6.07) is 2.89. The largest absolute Gasteiger partial charge is 0.503 e. The number of carbonyl (C=O) groups excluding carboxylic acids is 2. The standard InChI is InChI=1S/C24H30F2N4O5/c1-14(2)6-8-29-24(7-9-35-13-24)30(3)23(34)19-21(32)20(31)17(12-27-19)22(33)28-11-15-4-5-16(25)10-18(15)26/h4-5,10,12,14,29,32H,6-9,11,13H2,1-3H3,(H,27,31)(H,28,33). The minimum Gasteiger partial charge on any atom is -0.503 e. The van der Waals surface area contributed by atoms with Gasteiger partial charge in [-0.05, 0) is 24.9 Å². The molecule has 1 fully saturated rings. The lowest BCUT2D eigenvalue weighted by Crippen LogP contribution is -2.60. The first-order valence-corrected chi connectivity index (χ1v) is 11.3. The third-order valence-corrected chi connectivity index (χ3v) is 6.09. The number of carbonyl (C=O) groups is 2. The van der Waals surface area contributed by atoms with Crippen molar-refractivity contribution in [1.29, 1.82) is 0 Å². The second kappa shape index (κ2) is 11.0. The van der Waals surface area contributed by atoms with Gasteiger partial charge in [0, 0.05) is 37.8 Å². The van der Waals surface area contributed by atoms with Crippen LogP contribution >= 0.6 is 0 Å².